The number of methoxy groups -OCH3 is 1. The molecule has 12 heteroatoms. The molecule has 31 heavy (non-hydrogen) atoms. The van der Waals surface area contributed by atoms with Crippen molar-refractivity contribution in [3.8, 4) is 17.4 Å². The van der Waals surface area contributed by atoms with Crippen LogP contribution in [0, 0.1) is 22.9 Å². The minimum Gasteiger partial charge on any atom is -0.479 e. The van der Waals surface area contributed by atoms with Gasteiger partial charge < -0.3 is 13.9 Å². The molecule has 1 unspecified atom stereocenters. The SMILES string of the molecule is COc1ncc(F)cc1-n1nc(OCC(F)CO[Si](C)(C)C(C)(C)C)c([N+](=O)[O-])c1C. The second-order valence-corrected chi connectivity index (χ2v) is 13.4. The summed E-state index contributed by atoms with van der Waals surface area (Å²) in [6, 6.07) is 1.07. The molecule has 2 aromatic heterocycles. The predicted octanol–water partition coefficient (Wildman–Crippen LogP) is 4.37. The summed E-state index contributed by atoms with van der Waals surface area (Å²) in [7, 11) is -0.826. The summed E-state index contributed by atoms with van der Waals surface area (Å²) in [5.74, 6) is -1.05. The smallest absolute Gasteiger partial charge is 0.353 e. The van der Waals surface area contributed by atoms with E-state index in [0.29, 0.717) is 0 Å². The van der Waals surface area contributed by atoms with Crippen molar-refractivity contribution in [2.24, 2.45) is 0 Å². The topological polar surface area (TPSA) is 102 Å². The van der Waals surface area contributed by atoms with Crippen LogP contribution >= 0.6 is 0 Å². The lowest BCUT2D eigenvalue weighted by molar-refractivity contribution is -0.386. The number of aromatic nitrogens is 3. The fourth-order valence-corrected chi connectivity index (χ4v) is 3.50. The van der Waals surface area contributed by atoms with E-state index in [9.17, 15) is 18.9 Å². The molecule has 0 N–H and O–H groups in total. The molecule has 0 aliphatic carbocycles. The van der Waals surface area contributed by atoms with Gasteiger partial charge in [-0.3, -0.25) is 10.1 Å². The molecule has 0 spiro atoms. The van der Waals surface area contributed by atoms with E-state index in [2.05, 4.69) is 10.1 Å². The maximum absolute atomic E-state index is 14.4. The molecule has 0 bridgehead atoms. The van der Waals surface area contributed by atoms with Crippen LogP contribution in [0.2, 0.25) is 18.1 Å². The molecule has 0 aliphatic rings. The zero-order valence-electron chi connectivity index (χ0n) is 18.7. The normalized spacial score (nSPS) is 13.2. The lowest BCUT2D eigenvalue weighted by Crippen LogP contribution is -2.42. The van der Waals surface area contributed by atoms with Crippen LogP contribution in [0.15, 0.2) is 12.3 Å². The van der Waals surface area contributed by atoms with E-state index < -0.39 is 37.5 Å². The van der Waals surface area contributed by atoms with Crippen LogP contribution in [-0.4, -0.2) is 54.5 Å². The molecule has 0 fully saturated rings. The molecular formula is C19H28F2N4O5Si. The summed E-state index contributed by atoms with van der Waals surface area (Å²) in [5.41, 5.74) is -0.349. The zero-order chi connectivity index (χ0) is 23.6. The third kappa shape index (κ3) is 5.56. The van der Waals surface area contributed by atoms with Gasteiger partial charge in [-0.2, -0.15) is 0 Å². The predicted molar refractivity (Wildman–Crippen MR) is 113 cm³/mol. The summed E-state index contributed by atoms with van der Waals surface area (Å²) >= 11 is 0. The summed E-state index contributed by atoms with van der Waals surface area (Å²) in [5, 5.41) is 15.5. The van der Waals surface area contributed by atoms with Crippen LogP contribution in [0.4, 0.5) is 14.5 Å². The second-order valence-electron chi connectivity index (χ2n) is 8.57. The molecule has 0 radical (unpaired) electrons. The molecule has 0 saturated carbocycles. The Labute approximate surface area is 180 Å². The highest BCUT2D eigenvalue weighted by molar-refractivity contribution is 6.74. The fraction of sp³-hybridized carbons (Fsp3) is 0.579. The minimum atomic E-state index is -2.15. The van der Waals surface area contributed by atoms with E-state index in [4.69, 9.17) is 13.9 Å². The highest BCUT2D eigenvalue weighted by Crippen LogP contribution is 2.37. The zero-order valence-corrected chi connectivity index (χ0v) is 19.7. The van der Waals surface area contributed by atoms with Crippen molar-refractivity contribution in [1.82, 2.24) is 14.8 Å². The molecule has 1 atom stereocenters. The quantitative estimate of drug-likeness (QED) is 0.312. The van der Waals surface area contributed by atoms with Gasteiger partial charge >= 0.3 is 11.6 Å². The molecule has 2 rings (SSSR count). The number of pyridine rings is 1. The Bertz CT molecular complexity index is 946. The molecular weight excluding hydrogens is 430 g/mol. The summed E-state index contributed by atoms with van der Waals surface area (Å²) in [6.45, 7) is 10.9. The average molecular weight is 459 g/mol. The first-order chi connectivity index (χ1) is 14.3. The van der Waals surface area contributed by atoms with Crippen molar-refractivity contribution < 1.29 is 27.6 Å². The van der Waals surface area contributed by atoms with Crippen molar-refractivity contribution in [1.29, 1.82) is 0 Å². The average Bonchev–Trinajstić information content (AvgIpc) is 3.00. The van der Waals surface area contributed by atoms with E-state index in [1.807, 2.05) is 33.9 Å². The van der Waals surface area contributed by atoms with Crippen molar-refractivity contribution in [2.45, 2.75) is 52.0 Å². The van der Waals surface area contributed by atoms with Crippen LogP contribution in [-0.2, 0) is 4.43 Å². The van der Waals surface area contributed by atoms with Crippen molar-refractivity contribution >= 4 is 14.0 Å². The highest BCUT2D eigenvalue weighted by Gasteiger charge is 2.38. The summed E-state index contributed by atoms with van der Waals surface area (Å²) < 4.78 is 45.5. The first kappa shape index (κ1) is 24.7. The maximum Gasteiger partial charge on any atom is 0.353 e. The van der Waals surface area contributed by atoms with Gasteiger partial charge in [-0.25, -0.2) is 18.4 Å². The lowest BCUT2D eigenvalue weighted by Gasteiger charge is -2.36. The Morgan fingerprint density at radius 3 is 2.48 bits per heavy atom. The van der Waals surface area contributed by atoms with Crippen LogP contribution in [0.1, 0.15) is 26.5 Å². The molecule has 0 aromatic carbocycles. The van der Waals surface area contributed by atoms with Gasteiger partial charge in [0.25, 0.3) is 0 Å². The van der Waals surface area contributed by atoms with E-state index in [-0.39, 0.29) is 34.8 Å². The third-order valence-electron chi connectivity index (χ3n) is 5.29. The van der Waals surface area contributed by atoms with Gasteiger partial charge in [0.1, 0.15) is 23.8 Å². The van der Waals surface area contributed by atoms with E-state index in [1.54, 1.807) is 0 Å². The largest absolute Gasteiger partial charge is 0.479 e. The number of hydrogen-bond acceptors (Lipinski definition) is 7. The van der Waals surface area contributed by atoms with Crippen LogP contribution < -0.4 is 9.47 Å². The monoisotopic (exact) mass is 458 g/mol. The summed E-state index contributed by atoms with van der Waals surface area (Å²) in [6.07, 6.45) is -0.562. The second kappa shape index (κ2) is 9.26. The number of nitro groups is 1. The van der Waals surface area contributed by atoms with Gasteiger partial charge in [0.2, 0.25) is 5.88 Å². The van der Waals surface area contributed by atoms with E-state index in [0.717, 1.165) is 16.9 Å². The van der Waals surface area contributed by atoms with Gasteiger partial charge in [-0.15, -0.1) is 5.10 Å². The Morgan fingerprint density at radius 2 is 1.94 bits per heavy atom. The number of alkyl halides is 1. The summed E-state index contributed by atoms with van der Waals surface area (Å²) in [4.78, 5) is 14.7. The molecule has 0 saturated heterocycles. The molecule has 0 aliphatic heterocycles. The Kier molecular flexibility index (Phi) is 7.37. The highest BCUT2D eigenvalue weighted by atomic mass is 28.4. The molecule has 0 amide bonds. The van der Waals surface area contributed by atoms with Gasteiger partial charge in [-0.1, -0.05) is 20.8 Å². The maximum atomic E-state index is 14.4. The third-order valence-corrected chi connectivity index (χ3v) is 9.79. The van der Waals surface area contributed by atoms with E-state index >= 15 is 0 Å². The fourth-order valence-electron chi connectivity index (χ4n) is 2.47. The Hall–Kier alpha value is -2.60. The molecule has 172 valence electrons. The molecule has 2 heterocycles. The number of halogens is 2. The van der Waals surface area contributed by atoms with Crippen molar-refractivity contribution in [2.75, 3.05) is 20.3 Å². The van der Waals surface area contributed by atoms with Crippen LogP contribution in [0.3, 0.4) is 0 Å². The number of nitrogens with zero attached hydrogens (tertiary/aromatic N) is 4. The number of ether oxygens (including phenoxy) is 2. The van der Waals surface area contributed by atoms with Crippen LogP contribution in [0.5, 0.6) is 11.8 Å². The lowest BCUT2D eigenvalue weighted by atomic mass is 10.2. The number of rotatable bonds is 9. The Morgan fingerprint density at radius 1 is 1.29 bits per heavy atom. The molecule has 2 aromatic rings. The van der Waals surface area contributed by atoms with E-state index in [1.165, 1.54) is 14.0 Å². The molecule has 9 nitrogen and oxygen atoms in total. The first-order valence-electron chi connectivity index (χ1n) is 9.63. The Balaban J connectivity index is 2.24. The first-order valence-corrected chi connectivity index (χ1v) is 12.5. The van der Waals surface area contributed by atoms with Crippen LogP contribution in [0.25, 0.3) is 5.69 Å². The van der Waals surface area contributed by atoms with Gasteiger partial charge in [0.05, 0.1) is 24.8 Å². The van der Waals surface area contributed by atoms with Gasteiger partial charge in [-0.05, 0) is 25.1 Å². The van der Waals surface area contributed by atoms with Crippen molar-refractivity contribution in [3.63, 3.8) is 0 Å². The van der Waals surface area contributed by atoms with Crippen molar-refractivity contribution in [3.05, 3.63) is 33.9 Å². The standard InChI is InChI=1S/C19H28F2N4O5Si/c1-12-16(25(26)27)18(23-24(12)15-8-13(20)9-22-17(15)28-5)29-10-14(21)11-30-31(6,7)19(2,3)4/h8-9,14H,10-11H2,1-7H3. The van der Waals surface area contributed by atoms with Gasteiger partial charge in [0.15, 0.2) is 14.5 Å². The minimum absolute atomic E-state index is 0.0135. The number of hydrogen-bond donors (Lipinski definition) is 0. The van der Waals surface area contributed by atoms with Gasteiger partial charge in [0, 0.05) is 6.07 Å².